The number of amides is 1. The highest BCUT2D eigenvalue weighted by molar-refractivity contribution is 6.07. The molecule has 0 aromatic heterocycles. The van der Waals surface area contributed by atoms with E-state index >= 15 is 0 Å². The second kappa shape index (κ2) is 5.38. The highest BCUT2D eigenvalue weighted by Crippen LogP contribution is 2.57. The molecule has 6 heteroatoms. The van der Waals surface area contributed by atoms with Crippen LogP contribution in [-0.2, 0) is 10.3 Å². The summed E-state index contributed by atoms with van der Waals surface area (Å²) in [4.78, 5) is 27.5. The molecule has 2 saturated heterocycles. The fraction of sp³-hybridized carbons (Fsp3) is 0.350. The van der Waals surface area contributed by atoms with Gasteiger partial charge in [-0.2, -0.15) is 0 Å². The third-order valence-corrected chi connectivity index (χ3v) is 6.28. The third kappa shape index (κ3) is 1.77. The Balaban J connectivity index is 1.78. The normalized spacial score (nSPS) is 32.5. The Hall–Kier alpha value is -2.73. The molecule has 1 amide bonds. The molecule has 5 rings (SSSR count). The molecule has 2 aromatic rings. The number of para-hydroxylation sites is 1. The fourth-order valence-corrected chi connectivity index (χ4v) is 5.45. The van der Waals surface area contributed by atoms with Crippen LogP contribution in [0.1, 0.15) is 29.9 Å². The average molecular weight is 349 g/mol. The van der Waals surface area contributed by atoms with E-state index < -0.39 is 11.6 Å². The molecule has 3 aliphatic heterocycles. The van der Waals surface area contributed by atoms with Crippen LogP contribution in [0.2, 0.25) is 0 Å². The summed E-state index contributed by atoms with van der Waals surface area (Å²) in [5, 5.41) is 15.2. The molecule has 0 aliphatic carbocycles. The van der Waals surface area contributed by atoms with Crippen LogP contribution in [0.3, 0.4) is 0 Å². The maximum absolute atomic E-state index is 13.2. The van der Waals surface area contributed by atoms with E-state index in [1.165, 1.54) is 0 Å². The Kier molecular flexibility index (Phi) is 3.21. The van der Waals surface area contributed by atoms with Gasteiger partial charge in [-0.1, -0.05) is 48.5 Å². The van der Waals surface area contributed by atoms with E-state index in [-0.39, 0.29) is 22.8 Å². The largest absolute Gasteiger partial charge is 0.324 e. The molecule has 3 aliphatic rings. The van der Waals surface area contributed by atoms with Gasteiger partial charge in [-0.25, -0.2) is 0 Å². The van der Waals surface area contributed by atoms with Crippen LogP contribution >= 0.6 is 0 Å². The second-order valence-electron chi connectivity index (χ2n) is 7.34. The summed E-state index contributed by atoms with van der Waals surface area (Å²) >= 11 is 0. The molecular formula is C20H19N3O3. The quantitative estimate of drug-likeness (QED) is 0.668. The average Bonchev–Trinajstić information content (AvgIpc) is 3.29. The Labute approximate surface area is 151 Å². The minimum atomic E-state index is -1.22. The topological polar surface area (TPSA) is 75.5 Å². The van der Waals surface area contributed by atoms with E-state index in [0.717, 1.165) is 24.0 Å². The summed E-state index contributed by atoms with van der Waals surface area (Å²) < 4.78 is 0. The number of nitro groups is 1. The first-order valence-electron chi connectivity index (χ1n) is 9.02. The zero-order valence-corrected chi connectivity index (χ0v) is 14.2. The minimum absolute atomic E-state index is 0.00436. The monoisotopic (exact) mass is 349 g/mol. The van der Waals surface area contributed by atoms with Crippen molar-refractivity contribution in [3.05, 3.63) is 75.8 Å². The number of nitrogens with zero attached hydrogens (tertiary/aromatic N) is 2. The highest BCUT2D eigenvalue weighted by atomic mass is 16.6. The maximum atomic E-state index is 13.2. The van der Waals surface area contributed by atoms with Crippen molar-refractivity contribution in [2.45, 2.75) is 36.4 Å². The van der Waals surface area contributed by atoms with Crippen LogP contribution in [-0.4, -0.2) is 34.4 Å². The van der Waals surface area contributed by atoms with E-state index in [1.807, 2.05) is 54.6 Å². The van der Waals surface area contributed by atoms with Crippen molar-refractivity contribution in [1.29, 1.82) is 0 Å². The van der Waals surface area contributed by atoms with Crippen LogP contribution in [0.15, 0.2) is 54.6 Å². The molecule has 3 heterocycles. The van der Waals surface area contributed by atoms with E-state index in [0.29, 0.717) is 12.2 Å². The summed E-state index contributed by atoms with van der Waals surface area (Å²) in [7, 11) is 0. The van der Waals surface area contributed by atoms with E-state index in [9.17, 15) is 14.9 Å². The summed E-state index contributed by atoms with van der Waals surface area (Å²) in [5.74, 6) is -0.559. The number of benzene rings is 2. The van der Waals surface area contributed by atoms with Crippen LogP contribution in [0.4, 0.5) is 5.69 Å². The number of carbonyl (C=O) groups is 1. The number of carbonyl (C=O) groups excluding carboxylic acids is 1. The summed E-state index contributed by atoms with van der Waals surface area (Å²) in [6, 6.07) is 16.1. The van der Waals surface area contributed by atoms with Gasteiger partial charge in [-0.15, -0.1) is 0 Å². The summed E-state index contributed by atoms with van der Waals surface area (Å²) in [5.41, 5.74) is 1.17. The SMILES string of the molecule is O=C1Nc2ccccc2[C@]12[C@H]([N+](=O)[O-])[C@H](c1ccccc1)[C@@H]1CCCN12. The van der Waals surface area contributed by atoms with Crippen molar-refractivity contribution in [1.82, 2.24) is 4.90 Å². The van der Waals surface area contributed by atoms with Crippen molar-refractivity contribution in [3.63, 3.8) is 0 Å². The Morgan fingerprint density at radius 3 is 2.62 bits per heavy atom. The van der Waals surface area contributed by atoms with E-state index in [4.69, 9.17) is 0 Å². The van der Waals surface area contributed by atoms with E-state index in [2.05, 4.69) is 10.2 Å². The number of nitrogens with one attached hydrogen (secondary N) is 1. The molecule has 132 valence electrons. The van der Waals surface area contributed by atoms with Gasteiger partial charge in [0.2, 0.25) is 0 Å². The summed E-state index contributed by atoms with van der Waals surface area (Å²) in [6.07, 6.45) is 1.83. The fourth-order valence-electron chi connectivity index (χ4n) is 5.45. The Bertz CT molecular complexity index is 900. The Morgan fingerprint density at radius 2 is 1.85 bits per heavy atom. The lowest BCUT2D eigenvalue weighted by Gasteiger charge is -2.32. The van der Waals surface area contributed by atoms with Gasteiger partial charge in [0.15, 0.2) is 5.54 Å². The lowest BCUT2D eigenvalue weighted by atomic mass is 9.77. The van der Waals surface area contributed by atoms with Gasteiger partial charge in [-0.05, 0) is 24.5 Å². The van der Waals surface area contributed by atoms with Crippen LogP contribution in [0, 0.1) is 10.1 Å². The Morgan fingerprint density at radius 1 is 1.12 bits per heavy atom. The maximum Gasteiger partial charge on any atom is 0.256 e. The lowest BCUT2D eigenvalue weighted by molar-refractivity contribution is -0.534. The van der Waals surface area contributed by atoms with Gasteiger partial charge in [0.1, 0.15) is 0 Å². The van der Waals surface area contributed by atoms with Gasteiger partial charge < -0.3 is 5.32 Å². The molecule has 0 bridgehead atoms. The number of fused-ring (bicyclic) bond motifs is 4. The molecular weight excluding hydrogens is 330 g/mol. The molecule has 1 N–H and O–H groups in total. The first-order valence-corrected chi connectivity index (χ1v) is 9.02. The van der Waals surface area contributed by atoms with Crippen LogP contribution in [0.25, 0.3) is 0 Å². The van der Waals surface area contributed by atoms with Crippen molar-refractivity contribution in [3.8, 4) is 0 Å². The van der Waals surface area contributed by atoms with Gasteiger partial charge in [0.05, 0.1) is 5.92 Å². The van der Waals surface area contributed by atoms with Gasteiger partial charge in [-0.3, -0.25) is 19.8 Å². The van der Waals surface area contributed by atoms with Gasteiger partial charge in [0.25, 0.3) is 11.9 Å². The van der Waals surface area contributed by atoms with E-state index in [1.54, 1.807) is 0 Å². The molecule has 2 fully saturated rings. The van der Waals surface area contributed by atoms with Crippen LogP contribution in [0.5, 0.6) is 0 Å². The standard InChI is InChI=1S/C20H19N3O3/c24-19-20(14-9-4-5-10-15(14)21-19)18(23(25)26)17(13-7-2-1-3-8-13)16-11-6-12-22(16)20/h1-5,7-10,16-18H,6,11-12H2,(H,21,24)/t16-,17+,18+,20-/m0/s1. The van der Waals surface area contributed by atoms with Crippen molar-refractivity contribution >= 4 is 11.6 Å². The van der Waals surface area contributed by atoms with Crippen molar-refractivity contribution in [2.24, 2.45) is 0 Å². The highest BCUT2D eigenvalue weighted by Gasteiger charge is 2.73. The smallest absolute Gasteiger partial charge is 0.256 e. The number of anilines is 1. The predicted molar refractivity (Wildman–Crippen MR) is 96.4 cm³/mol. The first-order chi connectivity index (χ1) is 12.7. The predicted octanol–water partition coefficient (Wildman–Crippen LogP) is 2.74. The molecule has 2 aromatic carbocycles. The third-order valence-electron chi connectivity index (χ3n) is 6.28. The lowest BCUT2D eigenvalue weighted by Crippen LogP contribution is -2.55. The molecule has 1 spiro atoms. The van der Waals surface area contributed by atoms with Gasteiger partial charge >= 0.3 is 0 Å². The second-order valence-corrected chi connectivity index (χ2v) is 7.34. The van der Waals surface area contributed by atoms with Gasteiger partial charge in [0, 0.05) is 28.8 Å². The molecule has 0 radical (unpaired) electrons. The zero-order valence-electron chi connectivity index (χ0n) is 14.2. The minimum Gasteiger partial charge on any atom is -0.324 e. The molecule has 4 atom stereocenters. The number of rotatable bonds is 2. The van der Waals surface area contributed by atoms with Crippen LogP contribution < -0.4 is 5.32 Å². The first kappa shape index (κ1) is 15.5. The zero-order chi connectivity index (χ0) is 17.9. The molecule has 0 saturated carbocycles. The molecule has 26 heavy (non-hydrogen) atoms. The molecule has 6 nitrogen and oxygen atoms in total. The number of hydrogen-bond acceptors (Lipinski definition) is 4. The molecule has 0 unspecified atom stereocenters. The van der Waals surface area contributed by atoms with Crippen molar-refractivity contribution in [2.75, 3.05) is 11.9 Å². The number of hydrogen-bond donors (Lipinski definition) is 1. The van der Waals surface area contributed by atoms with Crippen molar-refractivity contribution < 1.29 is 9.72 Å². The summed E-state index contributed by atoms with van der Waals surface area (Å²) in [6.45, 7) is 0.708.